The number of nitrogens with zero attached hydrogens (tertiary/aromatic N) is 3. The van der Waals surface area contributed by atoms with Crippen LogP contribution in [-0.2, 0) is 0 Å². The highest BCUT2D eigenvalue weighted by molar-refractivity contribution is 7.18. The summed E-state index contributed by atoms with van der Waals surface area (Å²) in [5.41, 5.74) is 3.96. The van der Waals surface area contributed by atoms with Crippen molar-refractivity contribution in [2.45, 2.75) is 26.0 Å². The third-order valence-electron chi connectivity index (χ3n) is 6.65. The van der Waals surface area contributed by atoms with Crippen LogP contribution in [0.2, 0.25) is 0 Å². The average molecular weight is 517 g/mol. The molecule has 2 atom stereocenters. The first kappa shape index (κ1) is 25.2. The summed E-state index contributed by atoms with van der Waals surface area (Å²) in [6.45, 7) is 6.68. The van der Waals surface area contributed by atoms with Crippen LogP contribution >= 0.6 is 11.3 Å². The number of nitrogens with one attached hydrogen (secondary N) is 1. The number of aromatic nitrogens is 1. The van der Waals surface area contributed by atoms with Crippen LogP contribution in [0.15, 0.2) is 72.8 Å². The van der Waals surface area contributed by atoms with Crippen molar-refractivity contribution >= 4 is 33.3 Å². The van der Waals surface area contributed by atoms with Crippen LogP contribution in [0.3, 0.4) is 0 Å². The second-order valence-electron chi connectivity index (χ2n) is 9.49. The van der Waals surface area contributed by atoms with E-state index in [9.17, 15) is 9.90 Å². The molecule has 2 amide bonds. The van der Waals surface area contributed by atoms with Gasteiger partial charge in [0.05, 0.1) is 15.2 Å². The number of urea groups is 1. The Bertz CT molecular complexity index is 1340. The van der Waals surface area contributed by atoms with Crippen molar-refractivity contribution < 1.29 is 14.6 Å². The maximum Gasteiger partial charge on any atom is 0.321 e. The van der Waals surface area contributed by atoms with Gasteiger partial charge in [0.25, 0.3) is 0 Å². The molecule has 5 rings (SSSR count). The maximum atomic E-state index is 12.9. The van der Waals surface area contributed by atoms with Gasteiger partial charge in [-0.2, -0.15) is 0 Å². The molecule has 0 spiro atoms. The number of carbonyl (C=O) groups is 1. The van der Waals surface area contributed by atoms with E-state index >= 15 is 0 Å². The van der Waals surface area contributed by atoms with Gasteiger partial charge in [0.1, 0.15) is 18.5 Å². The molecule has 0 bridgehead atoms. The van der Waals surface area contributed by atoms with E-state index < -0.39 is 6.10 Å². The quantitative estimate of drug-likeness (QED) is 0.351. The fourth-order valence-electron chi connectivity index (χ4n) is 4.66. The number of aliphatic hydroxyl groups excluding tert-OH is 1. The molecule has 4 aromatic rings. The molecule has 8 heteroatoms. The molecule has 1 saturated heterocycles. The van der Waals surface area contributed by atoms with Crippen molar-refractivity contribution in [1.29, 1.82) is 0 Å². The number of anilines is 1. The fourth-order valence-corrected chi connectivity index (χ4v) is 5.47. The third kappa shape index (κ3) is 6.28. The molecule has 1 aliphatic rings. The van der Waals surface area contributed by atoms with E-state index in [4.69, 9.17) is 4.74 Å². The summed E-state index contributed by atoms with van der Waals surface area (Å²) in [4.78, 5) is 21.4. The number of β-amino-alcohol motifs (C(OH)–C–C–N with tert-alkyl or cyclic N) is 1. The zero-order chi connectivity index (χ0) is 25.8. The molecule has 192 valence electrons. The van der Waals surface area contributed by atoms with Gasteiger partial charge in [0.2, 0.25) is 0 Å². The van der Waals surface area contributed by atoms with Crippen LogP contribution in [0, 0.1) is 6.92 Å². The Morgan fingerprint density at radius 1 is 1.11 bits per heavy atom. The Morgan fingerprint density at radius 2 is 1.86 bits per heavy atom. The first-order chi connectivity index (χ1) is 17.9. The van der Waals surface area contributed by atoms with Gasteiger partial charge < -0.3 is 20.1 Å². The van der Waals surface area contributed by atoms with E-state index in [-0.39, 0.29) is 18.7 Å². The highest BCUT2D eigenvalue weighted by atomic mass is 32.1. The standard InChI is InChI=1S/C29H32N4O3S/c1-20-17-33(29(35)31-24-10-8-23(9-11-24)22-6-4-3-5-7-22)15-14-32(20)18-25(34)19-36-26-12-13-28-27(16-26)30-21(2)37-28/h3-13,16,20,25,34H,14-15,17-19H2,1-2H3,(H,31,35)/t20-,25+/m0/s1. The van der Waals surface area contributed by atoms with Crippen LogP contribution in [0.4, 0.5) is 10.5 Å². The Morgan fingerprint density at radius 3 is 2.62 bits per heavy atom. The highest BCUT2D eigenvalue weighted by Crippen LogP contribution is 2.26. The van der Waals surface area contributed by atoms with Crippen molar-refractivity contribution in [2.24, 2.45) is 0 Å². The lowest BCUT2D eigenvalue weighted by molar-refractivity contribution is 0.0307. The lowest BCUT2D eigenvalue weighted by atomic mass is 10.1. The molecule has 3 aromatic carbocycles. The molecule has 0 unspecified atom stereocenters. The summed E-state index contributed by atoms with van der Waals surface area (Å²) in [6, 6.07) is 23.9. The number of benzene rings is 3. The number of ether oxygens (including phenoxy) is 1. The number of hydrogen-bond donors (Lipinski definition) is 2. The number of hydrogen-bond acceptors (Lipinski definition) is 6. The van der Waals surface area contributed by atoms with Gasteiger partial charge in [-0.3, -0.25) is 4.90 Å². The molecule has 0 aliphatic carbocycles. The fraction of sp³-hybridized carbons (Fsp3) is 0.310. The number of piperazine rings is 1. The Hall–Kier alpha value is -3.46. The predicted molar refractivity (Wildman–Crippen MR) is 149 cm³/mol. The minimum atomic E-state index is -0.626. The number of thiazole rings is 1. The molecule has 1 aromatic heterocycles. The van der Waals surface area contributed by atoms with E-state index in [1.54, 1.807) is 11.3 Å². The molecule has 1 fully saturated rings. The van der Waals surface area contributed by atoms with Gasteiger partial charge in [-0.15, -0.1) is 11.3 Å². The SMILES string of the molecule is Cc1nc2cc(OC[C@H](O)CN3CCN(C(=O)Nc4ccc(-c5ccccc5)cc4)C[C@@H]3C)ccc2s1. The van der Waals surface area contributed by atoms with Crippen molar-refractivity contribution in [2.75, 3.05) is 38.1 Å². The van der Waals surface area contributed by atoms with Crippen LogP contribution < -0.4 is 10.1 Å². The molecule has 7 nitrogen and oxygen atoms in total. The van der Waals surface area contributed by atoms with Crippen molar-refractivity contribution in [3.8, 4) is 16.9 Å². The largest absolute Gasteiger partial charge is 0.491 e. The highest BCUT2D eigenvalue weighted by Gasteiger charge is 2.28. The molecule has 1 aliphatic heterocycles. The molecule has 0 radical (unpaired) electrons. The second kappa shape index (κ2) is 11.3. The first-order valence-electron chi connectivity index (χ1n) is 12.6. The monoisotopic (exact) mass is 516 g/mol. The second-order valence-corrected chi connectivity index (χ2v) is 10.7. The number of aryl methyl sites for hydroxylation is 1. The van der Waals surface area contributed by atoms with Gasteiger partial charge in [0.15, 0.2) is 0 Å². The normalized spacial score (nSPS) is 17.1. The third-order valence-corrected chi connectivity index (χ3v) is 7.60. The zero-order valence-electron chi connectivity index (χ0n) is 21.1. The number of fused-ring (bicyclic) bond motifs is 1. The smallest absolute Gasteiger partial charge is 0.321 e. The molecule has 37 heavy (non-hydrogen) atoms. The van der Waals surface area contributed by atoms with Gasteiger partial charge in [0, 0.05) is 44.0 Å². The van der Waals surface area contributed by atoms with Crippen LogP contribution in [0.25, 0.3) is 21.3 Å². The summed E-state index contributed by atoms with van der Waals surface area (Å²) in [6.07, 6.45) is -0.626. The van der Waals surface area contributed by atoms with Gasteiger partial charge in [-0.05, 0) is 49.2 Å². The average Bonchev–Trinajstić information content (AvgIpc) is 3.29. The van der Waals surface area contributed by atoms with E-state index in [1.165, 1.54) is 0 Å². The predicted octanol–water partition coefficient (Wildman–Crippen LogP) is 5.25. The molecule has 2 N–H and O–H groups in total. The van der Waals surface area contributed by atoms with Gasteiger partial charge in [-0.25, -0.2) is 9.78 Å². The van der Waals surface area contributed by atoms with Gasteiger partial charge in [-0.1, -0.05) is 42.5 Å². The first-order valence-corrected chi connectivity index (χ1v) is 13.4. The zero-order valence-corrected chi connectivity index (χ0v) is 21.9. The molecule has 2 heterocycles. The van der Waals surface area contributed by atoms with Crippen LogP contribution in [-0.4, -0.2) is 70.9 Å². The number of amides is 2. The lowest BCUT2D eigenvalue weighted by Crippen LogP contribution is -2.56. The van der Waals surface area contributed by atoms with E-state index in [0.29, 0.717) is 31.9 Å². The van der Waals surface area contributed by atoms with Crippen molar-refractivity contribution in [3.05, 3.63) is 77.8 Å². The Kier molecular flexibility index (Phi) is 7.69. The molecular weight excluding hydrogens is 484 g/mol. The summed E-state index contributed by atoms with van der Waals surface area (Å²) >= 11 is 1.66. The van der Waals surface area contributed by atoms with E-state index in [0.717, 1.165) is 32.0 Å². The van der Waals surface area contributed by atoms with E-state index in [1.807, 2.05) is 72.5 Å². The van der Waals surface area contributed by atoms with Crippen molar-refractivity contribution in [3.63, 3.8) is 0 Å². The number of aliphatic hydroxyl groups is 1. The summed E-state index contributed by atoms with van der Waals surface area (Å²) in [5, 5.41) is 14.6. The number of rotatable bonds is 7. The Labute approximate surface area is 221 Å². The summed E-state index contributed by atoms with van der Waals surface area (Å²) in [7, 11) is 0. The maximum absolute atomic E-state index is 12.9. The van der Waals surface area contributed by atoms with Crippen LogP contribution in [0.5, 0.6) is 5.75 Å². The van der Waals surface area contributed by atoms with E-state index in [2.05, 4.69) is 34.3 Å². The summed E-state index contributed by atoms with van der Waals surface area (Å²) in [5.74, 6) is 0.711. The lowest BCUT2D eigenvalue weighted by Gasteiger charge is -2.40. The van der Waals surface area contributed by atoms with Crippen LogP contribution in [0.1, 0.15) is 11.9 Å². The molecule has 0 saturated carbocycles. The molecular formula is C29H32N4O3S. The minimum absolute atomic E-state index is 0.101. The Balaban J connectivity index is 1.08. The van der Waals surface area contributed by atoms with Gasteiger partial charge >= 0.3 is 6.03 Å². The summed E-state index contributed by atoms with van der Waals surface area (Å²) < 4.78 is 6.97. The number of carbonyl (C=O) groups excluding carboxylic acids is 1. The van der Waals surface area contributed by atoms with Crippen molar-refractivity contribution in [1.82, 2.24) is 14.8 Å². The topological polar surface area (TPSA) is 77.9 Å². The minimum Gasteiger partial charge on any atom is -0.491 e.